The maximum atomic E-state index is 13.0. The average Bonchev–Trinajstić information content (AvgIpc) is 2.45. The summed E-state index contributed by atoms with van der Waals surface area (Å²) in [5.74, 6) is -1.33. The number of rotatable bonds is 5. The molecule has 0 radical (unpaired) electrons. The van der Waals surface area contributed by atoms with Crippen LogP contribution in [0.15, 0.2) is 53.4 Å². The lowest BCUT2D eigenvalue weighted by Gasteiger charge is -2.23. The summed E-state index contributed by atoms with van der Waals surface area (Å²) in [5.41, 5.74) is 5.48. The van der Waals surface area contributed by atoms with E-state index in [2.05, 4.69) is 0 Å². The van der Waals surface area contributed by atoms with Gasteiger partial charge >= 0.3 is 0 Å². The van der Waals surface area contributed by atoms with E-state index in [1.165, 1.54) is 0 Å². The highest BCUT2D eigenvalue weighted by Crippen LogP contribution is 2.25. The third kappa shape index (κ3) is 3.74. The topological polar surface area (TPSA) is 80.5 Å². The van der Waals surface area contributed by atoms with Gasteiger partial charge in [0, 0.05) is 3.57 Å². The predicted octanol–water partition coefficient (Wildman–Crippen LogP) is 2.11. The minimum Gasteiger partial charge on any atom is -0.368 e. The number of carbonyl (C=O) groups is 1. The summed E-state index contributed by atoms with van der Waals surface area (Å²) in [4.78, 5) is 11.1. The van der Waals surface area contributed by atoms with Crippen LogP contribution in [0.25, 0.3) is 0 Å². The lowest BCUT2D eigenvalue weighted by Crippen LogP contribution is -2.38. The molecule has 2 aromatic rings. The van der Waals surface area contributed by atoms with E-state index >= 15 is 0 Å². The van der Waals surface area contributed by atoms with Crippen LogP contribution in [0.3, 0.4) is 0 Å². The summed E-state index contributed by atoms with van der Waals surface area (Å²) < 4.78 is 40.1. The van der Waals surface area contributed by atoms with Crippen LogP contribution in [-0.2, 0) is 14.8 Å². The van der Waals surface area contributed by atoms with Crippen LogP contribution < -0.4 is 10.0 Å². The highest BCUT2D eigenvalue weighted by atomic mass is 127. The van der Waals surface area contributed by atoms with Gasteiger partial charge in [0.05, 0.1) is 10.6 Å². The minimum absolute atomic E-state index is 0.117. The number of hydrogen-bond donors (Lipinski definition) is 1. The van der Waals surface area contributed by atoms with Gasteiger partial charge in [0.15, 0.2) is 0 Å². The molecule has 2 aromatic carbocycles. The highest BCUT2D eigenvalue weighted by molar-refractivity contribution is 14.1. The van der Waals surface area contributed by atoms with Gasteiger partial charge in [0.1, 0.15) is 12.4 Å². The molecule has 0 aromatic heterocycles. The molecule has 0 heterocycles. The summed E-state index contributed by atoms with van der Waals surface area (Å²) in [7, 11) is -4.02. The van der Waals surface area contributed by atoms with Gasteiger partial charge in [-0.2, -0.15) is 0 Å². The van der Waals surface area contributed by atoms with Crippen molar-refractivity contribution in [2.24, 2.45) is 5.73 Å². The second-order valence-electron chi connectivity index (χ2n) is 4.41. The van der Waals surface area contributed by atoms with Crippen LogP contribution in [-0.4, -0.2) is 20.9 Å². The number of halogens is 2. The first-order valence-electron chi connectivity index (χ1n) is 6.13. The lowest BCUT2D eigenvalue weighted by molar-refractivity contribution is -0.116. The van der Waals surface area contributed by atoms with Crippen molar-refractivity contribution < 1.29 is 17.6 Å². The van der Waals surface area contributed by atoms with Crippen molar-refractivity contribution in [3.8, 4) is 0 Å². The van der Waals surface area contributed by atoms with Gasteiger partial charge in [-0.05, 0) is 65.1 Å². The summed E-state index contributed by atoms with van der Waals surface area (Å²) in [6.07, 6.45) is 0. The molecule has 8 heteroatoms. The van der Waals surface area contributed by atoms with Crippen molar-refractivity contribution in [2.45, 2.75) is 4.90 Å². The number of primary amides is 1. The Balaban J connectivity index is 2.53. The SMILES string of the molecule is NC(=O)CN(c1cccc(I)c1)S(=O)(=O)c1ccc(F)cc1. The van der Waals surface area contributed by atoms with Gasteiger partial charge in [-0.25, -0.2) is 12.8 Å². The van der Waals surface area contributed by atoms with Crippen LogP contribution in [0.1, 0.15) is 0 Å². The quantitative estimate of drug-likeness (QED) is 0.733. The predicted molar refractivity (Wildman–Crippen MR) is 89.3 cm³/mol. The second kappa shape index (κ2) is 6.61. The first-order valence-corrected chi connectivity index (χ1v) is 8.65. The molecule has 0 spiro atoms. The molecule has 0 aliphatic rings. The number of amides is 1. The second-order valence-corrected chi connectivity index (χ2v) is 7.52. The Morgan fingerprint density at radius 2 is 1.82 bits per heavy atom. The molecule has 0 aliphatic carbocycles. The molecular weight excluding hydrogens is 422 g/mol. The molecule has 116 valence electrons. The van der Waals surface area contributed by atoms with Gasteiger partial charge in [-0.1, -0.05) is 6.07 Å². The number of benzene rings is 2. The standard InChI is InChI=1S/C14H12FIN2O3S/c15-10-4-6-13(7-5-10)22(20,21)18(9-14(17)19)12-3-1-2-11(16)8-12/h1-8H,9H2,(H2,17,19). The van der Waals surface area contributed by atoms with E-state index < -0.39 is 28.3 Å². The molecule has 22 heavy (non-hydrogen) atoms. The fraction of sp³-hybridized carbons (Fsp3) is 0.0714. The van der Waals surface area contributed by atoms with Crippen LogP contribution in [0, 0.1) is 9.39 Å². The summed E-state index contributed by atoms with van der Waals surface area (Å²) in [6.45, 7) is -0.500. The number of anilines is 1. The molecule has 2 rings (SSSR count). The third-order valence-corrected chi connectivity index (χ3v) is 5.26. The first-order chi connectivity index (χ1) is 10.3. The van der Waals surface area contributed by atoms with Crippen molar-refractivity contribution in [3.05, 3.63) is 57.9 Å². The molecule has 0 unspecified atom stereocenters. The number of carbonyl (C=O) groups excluding carboxylic acids is 1. The molecule has 2 N–H and O–H groups in total. The van der Waals surface area contributed by atoms with Crippen LogP contribution in [0.4, 0.5) is 10.1 Å². The zero-order chi connectivity index (χ0) is 16.3. The summed E-state index contributed by atoms with van der Waals surface area (Å²) in [6, 6.07) is 11.0. The van der Waals surface area contributed by atoms with E-state index in [-0.39, 0.29) is 4.90 Å². The third-order valence-electron chi connectivity index (χ3n) is 2.80. The van der Waals surface area contributed by atoms with E-state index in [9.17, 15) is 17.6 Å². The first kappa shape index (κ1) is 16.7. The van der Waals surface area contributed by atoms with Crippen molar-refractivity contribution in [3.63, 3.8) is 0 Å². The minimum atomic E-state index is -4.02. The fourth-order valence-electron chi connectivity index (χ4n) is 1.82. The maximum Gasteiger partial charge on any atom is 0.264 e. The van der Waals surface area contributed by atoms with Crippen molar-refractivity contribution in [1.29, 1.82) is 0 Å². The van der Waals surface area contributed by atoms with Gasteiger partial charge in [0.25, 0.3) is 10.0 Å². The average molecular weight is 434 g/mol. The molecule has 5 nitrogen and oxygen atoms in total. The number of nitrogens with two attached hydrogens (primary N) is 1. The lowest BCUT2D eigenvalue weighted by atomic mass is 10.3. The van der Waals surface area contributed by atoms with Crippen LogP contribution in [0.2, 0.25) is 0 Å². The molecule has 0 aliphatic heterocycles. The van der Waals surface area contributed by atoms with E-state index in [4.69, 9.17) is 5.73 Å². The fourth-order valence-corrected chi connectivity index (χ4v) is 3.77. The Kier molecular flexibility index (Phi) is 5.01. The largest absolute Gasteiger partial charge is 0.368 e. The zero-order valence-electron chi connectivity index (χ0n) is 11.2. The molecule has 0 fully saturated rings. The Hall–Kier alpha value is -1.68. The summed E-state index contributed by atoms with van der Waals surface area (Å²) in [5, 5.41) is 0. The van der Waals surface area contributed by atoms with Gasteiger partial charge < -0.3 is 5.73 Å². The Labute approximate surface area is 141 Å². The monoisotopic (exact) mass is 434 g/mol. The molecule has 0 atom stereocenters. The van der Waals surface area contributed by atoms with Gasteiger partial charge in [-0.3, -0.25) is 9.10 Å². The smallest absolute Gasteiger partial charge is 0.264 e. The maximum absolute atomic E-state index is 13.0. The molecule has 0 saturated carbocycles. The van der Waals surface area contributed by atoms with Crippen LogP contribution in [0.5, 0.6) is 0 Å². The van der Waals surface area contributed by atoms with E-state index in [1.807, 2.05) is 22.6 Å². The Morgan fingerprint density at radius 1 is 1.18 bits per heavy atom. The molecule has 0 bridgehead atoms. The van der Waals surface area contributed by atoms with Gasteiger partial charge in [0.2, 0.25) is 5.91 Å². The van der Waals surface area contributed by atoms with Crippen molar-refractivity contribution in [1.82, 2.24) is 0 Å². The van der Waals surface area contributed by atoms with Crippen molar-refractivity contribution in [2.75, 3.05) is 10.8 Å². The van der Waals surface area contributed by atoms with Crippen LogP contribution >= 0.6 is 22.6 Å². The Morgan fingerprint density at radius 3 is 2.36 bits per heavy atom. The van der Waals surface area contributed by atoms with E-state index in [0.717, 1.165) is 32.1 Å². The number of sulfonamides is 1. The van der Waals surface area contributed by atoms with Gasteiger partial charge in [-0.15, -0.1) is 0 Å². The molecular formula is C14H12FIN2O3S. The van der Waals surface area contributed by atoms with E-state index in [0.29, 0.717) is 5.69 Å². The van der Waals surface area contributed by atoms with E-state index in [1.54, 1.807) is 24.3 Å². The Bertz CT molecular complexity index is 794. The summed E-state index contributed by atoms with van der Waals surface area (Å²) >= 11 is 2.03. The number of nitrogens with zero attached hydrogens (tertiary/aromatic N) is 1. The molecule has 1 amide bonds. The normalized spacial score (nSPS) is 11.2. The number of hydrogen-bond acceptors (Lipinski definition) is 3. The molecule has 0 saturated heterocycles. The zero-order valence-corrected chi connectivity index (χ0v) is 14.2. The highest BCUT2D eigenvalue weighted by Gasteiger charge is 2.26. The van der Waals surface area contributed by atoms with Crippen molar-refractivity contribution >= 4 is 44.2 Å².